The zero-order chi connectivity index (χ0) is 14.1. The third-order valence-electron chi connectivity index (χ3n) is 4.57. The zero-order valence-electron chi connectivity index (χ0n) is 13.5. The summed E-state index contributed by atoms with van der Waals surface area (Å²) in [6, 6.07) is 0.446. The fraction of sp³-hybridized carbons (Fsp3) is 1.00. The van der Waals surface area contributed by atoms with Crippen molar-refractivity contribution in [3.8, 4) is 0 Å². The van der Waals surface area contributed by atoms with Crippen molar-refractivity contribution < 1.29 is 4.74 Å². The Morgan fingerprint density at radius 1 is 1.16 bits per heavy atom. The Hall–Kier alpha value is -0.120. The van der Waals surface area contributed by atoms with Crippen molar-refractivity contribution in [2.24, 2.45) is 0 Å². The van der Waals surface area contributed by atoms with Gasteiger partial charge in [-0.2, -0.15) is 0 Å². The van der Waals surface area contributed by atoms with Gasteiger partial charge in [0.1, 0.15) is 0 Å². The van der Waals surface area contributed by atoms with E-state index in [0.717, 1.165) is 26.2 Å². The van der Waals surface area contributed by atoms with E-state index in [4.69, 9.17) is 4.74 Å². The van der Waals surface area contributed by atoms with Crippen molar-refractivity contribution in [2.75, 3.05) is 32.8 Å². The largest absolute Gasteiger partial charge is 0.380 e. The fourth-order valence-corrected chi connectivity index (χ4v) is 3.04. The quantitative estimate of drug-likeness (QED) is 0.618. The van der Waals surface area contributed by atoms with E-state index >= 15 is 0 Å². The molecule has 1 aliphatic rings. The molecule has 0 radical (unpaired) electrons. The molecule has 2 atom stereocenters. The molecule has 1 saturated heterocycles. The summed E-state index contributed by atoms with van der Waals surface area (Å²) in [7, 11) is 0. The Labute approximate surface area is 120 Å². The van der Waals surface area contributed by atoms with Gasteiger partial charge in [-0.1, -0.05) is 20.8 Å². The summed E-state index contributed by atoms with van der Waals surface area (Å²) in [6.45, 7) is 14.5. The highest BCUT2D eigenvalue weighted by atomic mass is 16.5. The van der Waals surface area contributed by atoms with Gasteiger partial charge in [-0.15, -0.1) is 0 Å². The molecular formula is C16H34N2O. The second kappa shape index (κ2) is 8.93. The van der Waals surface area contributed by atoms with Crippen LogP contribution in [0.2, 0.25) is 0 Å². The van der Waals surface area contributed by atoms with Crippen LogP contribution in [-0.2, 0) is 4.74 Å². The summed E-state index contributed by atoms with van der Waals surface area (Å²) in [5, 5.41) is 3.73. The predicted octanol–water partition coefficient (Wildman–Crippen LogP) is 3.05. The molecular weight excluding hydrogens is 236 g/mol. The average Bonchev–Trinajstić information content (AvgIpc) is 2.96. The first kappa shape index (κ1) is 16.9. The monoisotopic (exact) mass is 270 g/mol. The molecule has 0 aromatic carbocycles. The molecule has 0 saturated carbocycles. The van der Waals surface area contributed by atoms with Crippen molar-refractivity contribution in [1.29, 1.82) is 0 Å². The average molecular weight is 270 g/mol. The van der Waals surface area contributed by atoms with E-state index in [1.54, 1.807) is 0 Å². The molecule has 0 amide bonds. The molecule has 1 heterocycles. The molecule has 1 rings (SSSR count). The van der Waals surface area contributed by atoms with Crippen LogP contribution < -0.4 is 5.32 Å². The molecule has 19 heavy (non-hydrogen) atoms. The highest BCUT2D eigenvalue weighted by molar-refractivity contribution is 4.97. The number of ether oxygens (including phenoxy) is 1. The lowest BCUT2D eigenvalue weighted by Crippen LogP contribution is -2.60. The van der Waals surface area contributed by atoms with E-state index in [9.17, 15) is 0 Å². The van der Waals surface area contributed by atoms with E-state index < -0.39 is 0 Å². The van der Waals surface area contributed by atoms with Gasteiger partial charge in [-0.25, -0.2) is 0 Å². The summed E-state index contributed by atoms with van der Waals surface area (Å²) in [5.41, 5.74) is 0.236. The van der Waals surface area contributed by atoms with Crippen LogP contribution in [0.15, 0.2) is 0 Å². The van der Waals surface area contributed by atoms with E-state index in [1.807, 2.05) is 0 Å². The van der Waals surface area contributed by atoms with Crippen LogP contribution in [-0.4, -0.2) is 49.3 Å². The molecule has 0 aromatic rings. The molecule has 0 aromatic heterocycles. The molecule has 0 bridgehead atoms. The highest BCUT2D eigenvalue weighted by Gasteiger charge is 2.39. The second-order valence-electron chi connectivity index (χ2n) is 5.99. The molecule has 0 aliphatic carbocycles. The number of rotatable bonds is 10. The number of likely N-dealkylation sites (tertiary alicyclic amines) is 1. The maximum absolute atomic E-state index is 5.86. The first-order chi connectivity index (χ1) is 9.19. The Morgan fingerprint density at radius 2 is 1.84 bits per heavy atom. The molecule has 1 fully saturated rings. The van der Waals surface area contributed by atoms with Gasteiger partial charge >= 0.3 is 0 Å². The van der Waals surface area contributed by atoms with Gasteiger partial charge in [0, 0.05) is 18.2 Å². The van der Waals surface area contributed by atoms with E-state index in [2.05, 4.69) is 37.9 Å². The molecule has 3 heteroatoms. The SMILES string of the molecule is CCCNC(COCCC)C(C)(CC)N1CCCC1. The summed E-state index contributed by atoms with van der Waals surface area (Å²) in [6.07, 6.45) is 6.18. The lowest BCUT2D eigenvalue weighted by Gasteiger charge is -2.45. The lowest BCUT2D eigenvalue weighted by atomic mass is 9.87. The standard InChI is InChI=1S/C16H34N2O/c1-5-10-17-15(14-19-13-6-2)16(4,7-3)18-11-8-9-12-18/h15,17H,5-14H2,1-4H3. The smallest absolute Gasteiger partial charge is 0.0637 e. The Kier molecular flexibility index (Phi) is 7.96. The zero-order valence-corrected chi connectivity index (χ0v) is 13.5. The minimum atomic E-state index is 0.236. The Balaban J connectivity index is 2.65. The van der Waals surface area contributed by atoms with E-state index in [-0.39, 0.29) is 5.54 Å². The van der Waals surface area contributed by atoms with Gasteiger partial charge in [-0.05, 0) is 58.7 Å². The number of nitrogens with one attached hydrogen (secondary N) is 1. The van der Waals surface area contributed by atoms with Crippen LogP contribution in [0, 0.1) is 0 Å². The molecule has 114 valence electrons. The maximum atomic E-state index is 5.86. The maximum Gasteiger partial charge on any atom is 0.0637 e. The molecule has 0 spiro atoms. The van der Waals surface area contributed by atoms with Crippen LogP contribution in [0.5, 0.6) is 0 Å². The number of nitrogens with zero attached hydrogens (tertiary/aromatic N) is 1. The van der Waals surface area contributed by atoms with Gasteiger partial charge < -0.3 is 10.1 Å². The van der Waals surface area contributed by atoms with Gasteiger partial charge in [0.25, 0.3) is 0 Å². The van der Waals surface area contributed by atoms with Gasteiger partial charge in [0.05, 0.1) is 6.61 Å². The highest BCUT2D eigenvalue weighted by Crippen LogP contribution is 2.28. The van der Waals surface area contributed by atoms with E-state index in [1.165, 1.54) is 38.8 Å². The fourth-order valence-electron chi connectivity index (χ4n) is 3.04. The Morgan fingerprint density at radius 3 is 2.37 bits per heavy atom. The van der Waals surface area contributed by atoms with Crippen molar-refractivity contribution in [3.63, 3.8) is 0 Å². The number of hydrogen-bond donors (Lipinski definition) is 1. The summed E-state index contributed by atoms with van der Waals surface area (Å²) in [4.78, 5) is 2.68. The molecule has 2 unspecified atom stereocenters. The Bertz CT molecular complexity index is 229. The molecule has 3 nitrogen and oxygen atoms in total. The first-order valence-electron chi connectivity index (χ1n) is 8.25. The normalized spacial score (nSPS) is 21.5. The summed E-state index contributed by atoms with van der Waals surface area (Å²) in [5.74, 6) is 0. The van der Waals surface area contributed by atoms with Crippen molar-refractivity contribution in [2.45, 2.75) is 71.4 Å². The molecule has 1 N–H and O–H groups in total. The van der Waals surface area contributed by atoms with Crippen LogP contribution in [0.1, 0.15) is 59.8 Å². The third kappa shape index (κ3) is 4.73. The van der Waals surface area contributed by atoms with E-state index in [0.29, 0.717) is 6.04 Å². The predicted molar refractivity (Wildman–Crippen MR) is 82.7 cm³/mol. The summed E-state index contributed by atoms with van der Waals surface area (Å²) < 4.78 is 5.86. The minimum absolute atomic E-state index is 0.236. The lowest BCUT2D eigenvalue weighted by molar-refractivity contribution is 0.0244. The molecule has 1 aliphatic heterocycles. The van der Waals surface area contributed by atoms with Gasteiger partial charge in [-0.3, -0.25) is 4.90 Å². The number of hydrogen-bond acceptors (Lipinski definition) is 3. The topological polar surface area (TPSA) is 24.5 Å². The third-order valence-corrected chi connectivity index (χ3v) is 4.57. The van der Waals surface area contributed by atoms with Crippen LogP contribution in [0.25, 0.3) is 0 Å². The summed E-state index contributed by atoms with van der Waals surface area (Å²) >= 11 is 0. The first-order valence-corrected chi connectivity index (χ1v) is 8.25. The van der Waals surface area contributed by atoms with Crippen LogP contribution in [0.3, 0.4) is 0 Å². The van der Waals surface area contributed by atoms with Crippen molar-refractivity contribution in [3.05, 3.63) is 0 Å². The van der Waals surface area contributed by atoms with Gasteiger partial charge in [0.15, 0.2) is 0 Å². The van der Waals surface area contributed by atoms with Crippen LogP contribution >= 0.6 is 0 Å². The van der Waals surface area contributed by atoms with Crippen molar-refractivity contribution in [1.82, 2.24) is 10.2 Å². The van der Waals surface area contributed by atoms with Gasteiger partial charge in [0.2, 0.25) is 0 Å². The van der Waals surface area contributed by atoms with Crippen molar-refractivity contribution >= 4 is 0 Å². The second-order valence-corrected chi connectivity index (χ2v) is 5.99. The minimum Gasteiger partial charge on any atom is -0.380 e. The van der Waals surface area contributed by atoms with Crippen LogP contribution in [0.4, 0.5) is 0 Å².